The van der Waals surface area contributed by atoms with Crippen LogP contribution in [-0.2, 0) is 0 Å². The summed E-state index contributed by atoms with van der Waals surface area (Å²) in [6, 6.07) is 5.37. The third kappa shape index (κ3) is 1.17. The second-order valence-corrected chi connectivity index (χ2v) is 3.96. The first-order chi connectivity index (χ1) is 6.24. The van der Waals surface area contributed by atoms with Crippen molar-refractivity contribution in [1.82, 2.24) is 0 Å². The zero-order chi connectivity index (χ0) is 9.42. The van der Waals surface area contributed by atoms with E-state index in [4.69, 9.17) is 5.26 Å². The second kappa shape index (κ2) is 2.95. The van der Waals surface area contributed by atoms with Crippen molar-refractivity contribution < 1.29 is 5.11 Å². The number of aromatic hydroxyl groups is 1. The van der Waals surface area contributed by atoms with Gasteiger partial charge in [0.2, 0.25) is 0 Å². The van der Waals surface area contributed by atoms with Gasteiger partial charge in [-0.3, -0.25) is 0 Å². The average molecular weight is 207 g/mol. The molecule has 2 rings (SSSR count). The van der Waals surface area contributed by atoms with Gasteiger partial charge in [0.15, 0.2) is 0 Å². The van der Waals surface area contributed by atoms with Crippen LogP contribution in [0.5, 0.6) is 5.75 Å². The molecule has 0 aliphatic carbocycles. The number of thiol groups is 1. The number of hydrogen-bond acceptors (Lipinski definition) is 4. The molecule has 0 bridgehead atoms. The Labute approximate surface area is 84.5 Å². The Balaban J connectivity index is 2.99. The van der Waals surface area contributed by atoms with Crippen LogP contribution in [-0.4, -0.2) is 5.11 Å². The summed E-state index contributed by atoms with van der Waals surface area (Å²) in [6.45, 7) is 0. The van der Waals surface area contributed by atoms with E-state index >= 15 is 0 Å². The van der Waals surface area contributed by atoms with Crippen molar-refractivity contribution in [2.24, 2.45) is 0 Å². The van der Waals surface area contributed by atoms with Crippen molar-refractivity contribution in [3.8, 4) is 11.8 Å². The molecule has 4 heteroatoms. The largest absolute Gasteiger partial charge is 0.507 e. The maximum absolute atomic E-state index is 9.51. The SMILES string of the molecule is N#Cc1c(S)cc(O)c2ccsc12. The molecule has 1 aromatic carbocycles. The summed E-state index contributed by atoms with van der Waals surface area (Å²) < 4.78 is 0.799. The number of thiophene rings is 1. The highest BCUT2D eigenvalue weighted by Crippen LogP contribution is 2.35. The molecule has 0 unspecified atom stereocenters. The molecular formula is C9H5NOS2. The minimum Gasteiger partial charge on any atom is -0.507 e. The van der Waals surface area contributed by atoms with E-state index in [0.717, 1.165) is 10.1 Å². The van der Waals surface area contributed by atoms with E-state index in [1.165, 1.54) is 17.4 Å². The van der Waals surface area contributed by atoms with Gasteiger partial charge in [-0.1, -0.05) is 0 Å². The normalized spacial score (nSPS) is 10.2. The Morgan fingerprint density at radius 3 is 3.00 bits per heavy atom. The summed E-state index contributed by atoms with van der Waals surface area (Å²) in [4.78, 5) is 0.523. The van der Waals surface area contributed by atoms with Crippen molar-refractivity contribution in [2.75, 3.05) is 0 Å². The summed E-state index contributed by atoms with van der Waals surface area (Å²) in [5.74, 6) is 0.181. The fourth-order valence-electron chi connectivity index (χ4n) is 1.21. The second-order valence-electron chi connectivity index (χ2n) is 2.57. The molecule has 0 saturated carbocycles. The van der Waals surface area contributed by atoms with Crippen LogP contribution in [0.4, 0.5) is 0 Å². The molecule has 0 amide bonds. The summed E-state index contributed by atoms with van der Waals surface area (Å²) >= 11 is 5.56. The lowest BCUT2D eigenvalue weighted by atomic mass is 10.1. The minimum atomic E-state index is 0.181. The molecule has 0 spiro atoms. The van der Waals surface area contributed by atoms with Gasteiger partial charge < -0.3 is 5.11 Å². The topological polar surface area (TPSA) is 44.0 Å². The summed E-state index contributed by atoms with van der Waals surface area (Å²) in [7, 11) is 0. The standard InChI is InChI=1S/C9H5NOS2/c10-4-6-8(12)3-7(11)5-1-2-13-9(5)6/h1-3,11-12H. The Kier molecular flexibility index (Phi) is 1.91. The Morgan fingerprint density at radius 1 is 1.54 bits per heavy atom. The van der Waals surface area contributed by atoms with Crippen LogP contribution in [0.1, 0.15) is 5.56 Å². The summed E-state index contributed by atoms with van der Waals surface area (Å²) in [5, 5.41) is 20.9. The Morgan fingerprint density at radius 2 is 2.31 bits per heavy atom. The molecule has 2 nitrogen and oxygen atoms in total. The zero-order valence-electron chi connectivity index (χ0n) is 6.48. The smallest absolute Gasteiger partial charge is 0.125 e. The van der Waals surface area contributed by atoms with Crippen LogP contribution in [0, 0.1) is 11.3 Å². The van der Waals surface area contributed by atoms with Crippen LogP contribution in [0.2, 0.25) is 0 Å². The van der Waals surface area contributed by atoms with Crippen LogP contribution in [0.3, 0.4) is 0 Å². The van der Waals surface area contributed by atoms with Gasteiger partial charge in [-0.25, -0.2) is 0 Å². The third-order valence-electron chi connectivity index (χ3n) is 1.81. The number of nitrogens with zero attached hydrogens (tertiary/aromatic N) is 1. The first-order valence-electron chi connectivity index (χ1n) is 3.56. The van der Waals surface area contributed by atoms with Crippen LogP contribution < -0.4 is 0 Å². The fraction of sp³-hybridized carbons (Fsp3) is 0. The predicted molar refractivity (Wildman–Crippen MR) is 55.5 cm³/mol. The molecule has 64 valence electrons. The Bertz CT molecular complexity index is 510. The number of benzene rings is 1. The molecule has 0 atom stereocenters. The van der Waals surface area contributed by atoms with Gasteiger partial charge in [-0.2, -0.15) is 5.26 Å². The molecule has 1 aromatic heterocycles. The van der Waals surface area contributed by atoms with Crippen LogP contribution in [0.15, 0.2) is 22.4 Å². The van der Waals surface area contributed by atoms with Gasteiger partial charge in [0.25, 0.3) is 0 Å². The molecule has 0 fully saturated rings. The first-order valence-corrected chi connectivity index (χ1v) is 4.89. The van der Waals surface area contributed by atoms with Gasteiger partial charge in [0.1, 0.15) is 11.8 Å². The van der Waals surface area contributed by atoms with E-state index < -0.39 is 0 Å². The number of phenolic OH excluding ortho intramolecular Hbond substituents is 1. The molecule has 13 heavy (non-hydrogen) atoms. The van der Waals surface area contributed by atoms with Gasteiger partial charge in [-0.15, -0.1) is 24.0 Å². The average Bonchev–Trinajstić information content (AvgIpc) is 2.53. The molecule has 0 radical (unpaired) electrons. The number of rotatable bonds is 0. The van der Waals surface area contributed by atoms with Crippen LogP contribution in [0.25, 0.3) is 10.1 Å². The number of phenols is 1. The quantitative estimate of drug-likeness (QED) is 0.652. The summed E-state index contributed by atoms with van der Waals surface area (Å²) in [5.41, 5.74) is 0.533. The highest BCUT2D eigenvalue weighted by atomic mass is 32.1. The van der Waals surface area contributed by atoms with Gasteiger partial charge in [0.05, 0.1) is 10.3 Å². The van der Waals surface area contributed by atoms with E-state index in [1.807, 2.05) is 5.38 Å². The van der Waals surface area contributed by atoms with E-state index in [0.29, 0.717) is 10.5 Å². The number of fused-ring (bicyclic) bond motifs is 1. The van der Waals surface area contributed by atoms with Crippen molar-refractivity contribution in [3.63, 3.8) is 0 Å². The summed E-state index contributed by atoms with van der Waals surface area (Å²) in [6.07, 6.45) is 0. The molecule has 0 saturated heterocycles. The van der Waals surface area contributed by atoms with Crippen molar-refractivity contribution in [1.29, 1.82) is 5.26 Å². The Hall–Kier alpha value is -1.18. The van der Waals surface area contributed by atoms with Crippen molar-refractivity contribution in [3.05, 3.63) is 23.1 Å². The molecule has 0 aliphatic rings. The van der Waals surface area contributed by atoms with Gasteiger partial charge >= 0.3 is 0 Å². The lowest BCUT2D eigenvalue weighted by Crippen LogP contribution is -1.78. The predicted octanol–water partition coefficient (Wildman–Crippen LogP) is 2.77. The monoisotopic (exact) mass is 207 g/mol. The number of hydrogen-bond donors (Lipinski definition) is 2. The lowest BCUT2D eigenvalue weighted by molar-refractivity contribution is 0.480. The maximum Gasteiger partial charge on any atom is 0.125 e. The van der Waals surface area contributed by atoms with Crippen LogP contribution >= 0.6 is 24.0 Å². The van der Waals surface area contributed by atoms with E-state index in [1.54, 1.807) is 6.07 Å². The fourth-order valence-corrected chi connectivity index (χ4v) is 2.48. The molecule has 1 heterocycles. The van der Waals surface area contributed by atoms with E-state index in [-0.39, 0.29) is 5.75 Å². The van der Waals surface area contributed by atoms with E-state index in [2.05, 4.69) is 18.7 Å². The van der Waals surface area contributed by atoms with Crippen molar-refractivity contribution in [2.45, 2.75) is 4.90 Å². The van der Waals surface area contributed by atoms with Gasteiger partial charge in [0, 0.05) is 10.3 Å². The highest BCUT2D eigenvalue weighted by molar-refractivity contribution is 7.80. The van der Waals surface area contributed by atoms with Crippen molar-refractivity contribution >= 4 is 34.1 Å². The van der Waals surface area contributed by atoms with Gasteiger partial charge in [-0.05, 0) is 17.5 Å². The molecular weight excluding hydrogens is 202 g/mol. The molecule has 1 N–H and O–H groups in total. The zero-order valence-corrected chi connectivity index (χ0v) is 8.19. The third-order valence-corrected chi connectivity index (χ3v) is 3.09. The lowest BCUT2D eigenvalue weighted by Gasteiger charge is -2.00. The molecule has 2 aromatic rings. The van der Waals surface area contributed by atoms with E-state index in [9.17, 15) is 5.11 Å². The maximum atomic E-state index is 9.51. The molecule has 0 aliphatic heterocycles. The first kappa shape index (κ1) is 8.42. The minimum absolute atomic E-state index is 0.181. The highest BCUT2D eigenvalue weighted by Gasteiger charge is 2.09. The number of nitriles is 1.